The third-order valence-corrected chi connectivity index (χ3v) is 6.24. The fourth-order valence-corrected chi connectivity index (χ4v) is 4.43. The smallest absolute Gasteiger partial charge is 0.296 e. The third kappa shape index (κ3) is 4.82. The van der Waals surface area contributed by atoms with Crippen LogP contribution >= 0.6 is 0 Å². The van der Waals surface area contributed by atoms with E-state index in [-0.39, 0.29) is 23.8 Å². The van der Waals surface area contributed by atoms with Gasteiger partial charge in [-0.25, -0.2) is 0 Å². The fraction of sp³-hybridized carbons (Fsp3) is 0.276. The van der Waals surface area contributed by atoms with E-state index in [1.54, 1.807) is 61.8 Å². The van der Waals surface area contributed by atoms with Crippen LogP contribution in [-0.4, -0.2) is 40.4 Å². The van der Waals surface area contributed by atoms with Gasteiger partial charge in [-0.05, 0) is 66.4 Å². The lowest BCUT2D eigenvalue weighted by Gasteiger charge is -2.25. The van der Waals surface area contributed by atoms with E-state index in [1.807, 2.05) is 32.9 Å². The first-order valence-electron chi connectivity index (χ1n) is 11.9. The molecule has 0 radical (unpaired) electrons. The van der Waals surface area contributed by atoms with Gasteiger partial charge in [0.25, 0.3) is 11.7 Å². The number of rotatable bonds is 8. The third-order valence-electron chi connectivity index (χ3n) is 6.24. The monoisotopic (exact) mass is 486 g/mol. The van der Waals surface area contributed by atoms with Crippen molar-refractivity contribution in [2.45, 2.75) is 39.3 Å². The van der Waals surface area contributed by atoms with Gasteiger partial charge in [0, 0.05) is 11.8 Å². The van der Waals surface area contributed by atoms with E-state index in [1.165, 1.54) is 4.90 Å². The zero-order valence-electron chi connectivity index (χ0n) is 20.9. The molecule has 186 valence electrons. The minimum absolute atomic E-state index is 0.0416. The molecule has 1 N–H and O–H groups in total. The van der Waals surface area contributed by atoms with Gasteiger partial charge in [-0.3, -0.25) is 14.6 Å². The van der Waals surface area contributed by atoms with Crippen molar-refractivity contribution < 1.29 is 24.2 Å². The number of likely N-dealkylation sites (tertiary alicyclic amines) is 1. The summed E-state index contributed by atoms with van der Waals surface area (Å²) in [6, 6.07) is 17.1. The van der Waals surface area contributed by atoms with Crippen LogP contribution in [-0.2, 0) is 16.1 Å². The molecule has 1 amide bonds. The number of hydrogen-bond donors (Lipinski definition) is 1. The Kier molecular flexibility index (Phi) is 7.38. The fourth-order valence-electron chi connectivity index (χ4n) is 4.43. The Morgan fingerprint density at radius 3 is 2.44 bits per heavy atom. The van der Waals surface area contributed by atoms with E-state index < -0.39 is 17.7 Å². The number of carbonyl (C=O) groups excluding carboxylic acids is 2. The number of carbonyl (C=O) groups is 2. The lowest BCUT2D eigenvalue weighted by atomic mass is 9.93. The molecule has 3 aromatic rings. The molecular weight excluding hydrogens is 456 g/mol. The predicted octanol–water partition coefficient (Wildman–Crippen LogP) is 5.23. The predicted molar refractivity (Wildman–Crippen MR) is 137 cm³/mol. The van der Waals surface area contributed by atoms with Crippen molar-refractivity contribution in [3.8, 4) is 11.5 Å². The number of pyridine rings is 1. The molecule has 0 saturated carbocycles. The number of ketones is 1. The Balaban J connectivity index is 1.86. The van der Waals surface area contributed by atoms with Crippen molar-refractivity contribution in [2.24, 2.45) is 0 Å². The molecule has 4 rings (SSSR count). The average molecular weight is 487 g/mol. The SMILES string of the molecule is CCOc1ccc(/C(O)=C2/C(=O)C(=O)N(Cc3ccccn3)C2c2ccc(OC)cc2)cc1C(C)C. The van der Waals surface area contributed by atoms with Crippen molar-refractivity contribution in [3.63, 3.8) is 0 Å². The summed E-state index contributed by atoms with van der Waals surface area (Å²) in [7, 11) is 1.57. The summed E-state index contributed by atoms with van der Waals surface area (Å²) in [5.74, 6) is -0.131. The summed E-state index contributed by atoms with van der Waals surface area (Å²) < 4.78 is 11.0. The molecule has 7 nitrogen and oxygen atoms in total. The molecule has 36 heavy (non-hydrogen) atoms. The van der Waals surface area contributed by atoms with Crippen LogP contribution in [0.5, 0.6) is 11.5 Å². The van der Waals surface area contributed by atoms with Crippen molar-refractivity contribution in [2.75, 3.05) is 13.7 Å². The lowest BCUT2D eigenvalue weighted by molar-refractivity contribution is -0.140. The second-order valence-corrected chi connectivity index (χ2v) is 8.86. The highest BCUT2D eigenvalue weighted by molar-refractivity contribution is 6.46. The number of aliphatic hydroxyl groups excluding tert-OH is 1. The number of benzene rings is 2. The zero-order chi connectivity index (χ0) is 25.8. The Hall–Kier alpha value is -4.13. The maximum atomic E-state index is 13.3. The number of aromatic nitrogens is 1. The van der Waals surface area contributed by atoms with E-state index >= 15 is 0 Å². The van der Waals surface area contributed by atoms with Crippen molar-refractivity contribution in [3.05, 3.63) is 94.8 Å². The molecule has 2 aromatic carbocycles. The van der Waals surface area contributed by atoms with E-state index in [2.05, 4.69) is 4.98 Å². The molecule has 1 fully saturated rings. The summed E-state index contributed by atoms with van der Waals surface area (Å²) in [6.07, 6.45) is 1.64. The molecule has 1 aliphatic heterocycles. The Bertz CT molecular complexity index is 1280. The Labute approximate surface area is 211 Å². The second-order valence-electron chi connectivity index (χ2n) is 8.86. The van der Waals surface area contributed by atoms with Crippen LogP contribution in [0.3, 0.4) is 0 Å². The molecule has 7 heteroatoms. The van der Waals surface area contributed by atoms with Gasteiger partial charge in [0.05, 0.1) is 37.6 Å². The molecule has 0 spiro atoms. The molecule has 0 bridgehead atoms. The molecule has 2 heterocycles. The van der Waals surface area contributed by atoms with Crippen LogP contribution in [0.2, 0.25) is 0 Å². The second kappa shape index (κ2) is 10.6. The summed E-state index contributed by atoms with van der Waals surface area (Å²) in [5.41, 5.74) is 2.73. The number of aliphatic hydroxyl groups is 1. The van der Waals surface area contributed by atoms with E-state index in [0.717, 1.165) is 11.3 Å². The van der Waals surface area contributed by atoms with Crippen LogP contribution < -0.4 is 9.47 Å². The van der Waals surface area contributed by atoms with Crippen LogP contribution in [0.1, 0.15) is 55.1 Å². The number of Topliss-reactive ketones (excluding diaryl/α,β-unsaturated/α-hetero) is 1. The van der Waals surface area contributed by atoms with Crippen LogP contribution in [0.15, 0.2) is 72.4 Å². The van der Waals surface area contributed by atoms with E-state index in [9.17, 15) is 14.7 Å². The summed E-state index contributed by atoms with van der Waals surface area (Å²) in [5, 5.41) is 11.5. The van der Waals surface area contributed by atoms with Crippen LogP contribution in [0, 0.1) is 0 Å². The molecule has 1 atom stereocenters. The van der Waals surface area contributed by atoms with Gasteiger partial charge < -0.3 is 19.5 Å². The standard InChI is InChI=1S/C29H30N2O5/c1-5-36-24-14-11-20(16-23(24)18(2)3)27(32)25-26(19-9-12-22(35-4)13-10-19)31(29(34)28(25)33)17-21-8-6-7-15-30-21/h6-16,18,26,32H,5,17H2,1-4H3/b27-25-. The van der Waals surface area contributed by atoms with Crippen LogP contribution in [0.4, 0.5) is 0 Å². The first kappa shape index (κ1) is 25.0. The minimum atomic E-state index is -0.785. The highest BCUT2D eigenvalue weighted by Crippen LogP contribution is 2.41. The van der Waals surface area contributed by atoms with E-state index in [4.69, 9.17) is 9.47 Å². The van der Waals surface area contributed by atoms with Crippen molar-refractivity contribution >= 4 is 17.4 Å². The highest BCUT2D eigenvalue weighted by Gasteiger charge is 2.46. The topological polar surface area (TPSA) is 89.0 Å². The van der Waals surface area contributed by atoms with Gasteiger partial charge in [-0.15, -0.1) is 0 Å². The Morgan fingerprint density at radius 1 is 1.08 bits per heavy atom. The number of methoxy groups -OCH3 is 1. The van der Waals surface area contributed by atoms with Gasteiger partial charge in [-0.2, -0.15) is 0 Å². The Morgan fingerprint density at radius 2 is 1.83 bits per heavy atom. The minimum Gasteiger partial charge on any atom is -0.507 e. The van der Waals surface area contributed by atoms with Gasteiger partial charge >= 0.3 is 0 Å². The van der Waals surface area contributed by atoms with Gasteiger partial charge in [0.1, 0.15) is 17.3 Å². The lowest BCUT2D eigenvalue weighted by Crippen LogP contribution is -2.29. The van der Waals surface area contributed by atoms with E-state index in [0.29, 0.717) is 29.2 Å². The maximum absolute atomic E-state index is 13.3. The number of nitrogens with zero attached hydrogens (tertiary/aromatic N) is 2. The number of hydrogen-bond acceptors (Lipinski definition) is 6. The first-order valence-corrected chi connectivity index (χ1v) is 11.9. The molecular formula is C29H30N2O5. The van der Waals surface area contributed by atoms with Gasteiger partial charge in [0.2, 0.25) is 0 Å². The summed E-state index contributed by atoms with van der Waals surface area (Å²) in [6.45, 7) is 6.62. The molecule has 1 saturated heterocycles. The molecule has 0 aliphatic carbocycles. The normalized spacial score (nSPS) is 17.0. The number of ether oxygens (including phenoxy) is 2. The van der Waals surface area contributed by atoms with Crippen molar-refractivity contribution in [1.82, 2.24) is 9.88 Å². The zero-order valence-corrected chi connectivity index (χ0v) is 20.9. The molecule has 1 aliphatic rings. The largest absolute Gasteiger partial charge is 0.507 e. The number of amides is 1. The summed E-state index contributed by atoms with van der Waals surface area (Å²) in [4.78, 5) is 32.4. The van der Waals surface area contributed by atoms with Gasteiger partial charge in [-0.1, -0.05) is 32.0 Å². The maximum Gasteiger partial charge on any atom is 0.296 e. The molecule has 1 unspecified atom stereocenters. The van der Waals surface area contributed by atoms with Crippen LogP contribution in [0.25, 0.3) is 5.76 Å². The quantitative estimate of drug-likeness (QED) is 0.266. The van der Waals surface area contributed by atoms with Gasteiger partial charge in [0.15, 0.2) is 0 Å². The molecule has 1 aromatic heterocycles. The first-order chi connectivity index (χ1) is 17.3. The average Bonchev–Trinajstić information content (AvgIpc) is 3.14. The highest BCUT2D eigenvalue weighted by atomic mass is 16.5. The van der Waals surface area contributed by atoms with Crippen molar-refractivity contribution in [1.29, 1.82) is 0 Å². The summed E-state index contributed by atoms with van der Waals surface area (Å²) >= 11 is 0.